The molecule has 6 heteroatoms. The van der Waals surface area contributed by atoms with Crippen LogP contribution in [0.3, 0.4) is 0 Å². The Labute approximate surface area is 81.9 Å². The van der Waals surface area contributed by atoms with Gasteiger partial charge in [0.1, 0.15) is 5.02 Å². The van der Waals surface area contributed by atoms with E-state index in [1.54, 1.807) is 0 Å². The molecule has 13 heavy (non-hydrogen) atoms. The highest BCUT2D eigenvalue weighted by atomic mass is 35.5. The van der Waals surface area contributed by atoms with Crippen molar-refractivity contribution in [2.24, 2.45) is 5.84 Å². The van der Waals surface area contributed by atoms with Crippen molar-refractivity contribution < 1.29 is 0 Å². The summed E-state index contributed by atoms with van der Waals surface area (Å²) < 4.78 is 0. The van der Waals surface area contributed by atoms with Crippen LogP contribution < -0.4 is 16.2 Å². The summed E-state index contributed by atoms with van der Waals surface area (Å²) in [6.45, 7) is 2.83. The van der Waals surface area contributed by atoms with Gasteiger partial charge in [-0.3, -0.25) is 5.43 Å². The molecular weight excluding hydrogens is 190 g/mol. The third-order valence-electron chi connectivity index (χ3n) is 1.69. The second-order valence-electron chi connectivity index (χ2n) is 2.52. The van der Waals surface area contributed by atoms with Gasteiger partial charge in [0.05, 0.1) is 6.20 Å². The first-order chi connectivity index (χ1) is 6.19. The summed E-state index contributed by atoms with van der Waals surface area (Å²) in [4.78, 5) is 9.88. The zero-order valence-corrected chi connectivity index (χ0v) is 8.34. The van der Waals surface area contributed by atoms with Crippen LogP contribution in [0.15, 0.2) is 6.20 Å². The van der Waals surface area contributed by atoms with Crippen molar-refractivity contribution in [1.82, 2.24) is 9.97 Å². The topological polar surface area (TPSA) is 67.1 Å². The second kappa shape index (κ2) is 4.25. The third-order valence-corrected chi connectivity index (χ3v) is 1.96. The number of nitrogen functional groups attached to an aromatic ring is 1. The molecule has 1 heterocycles. The van der Waals surface area contributed by atoms with E-state index in [-0.39, 0.29) is 0 Å². The number of anilines is 2. The van der Waals surface area contributed by atoms with Gasteiger partial charge in [-0.25, -0.2) is 10.8 Å². The molecule has 0 fully saturated rings. The largest absolute Gasteiger partial charge is 0.359 e. The Morgan fingerprint density at radius 1 is 1.69 bits per heavy atom. The highest BCUT2D eigenvalue weighted by Gasteiger charge is 2.07. The Morgan fingerprint density at radius 2 is 2.38 bits per heavy atom. The lowest BCUT2D eigenvalue weighted by molar-refractivity contribution is 0.928. The zero-order valence-electron chi connectivity index (χ0n) is 7.58. The second-order valence-corrected chi connectivity index (χ2v) is 2.93. The molecule has 0 saturated heterocycles. The van der Waals surface area contributed by atoms with Gasteiger partial charge in [0.2, 0.25) is 5.95 Å². The van der Waals surface area contributed by atoms with Gasteiger partial charge in [-0.05, 0) is 6.92 Å². The Balaban J connectivity index is 3.03. The van der Waals surface area contributed by atoms with Gasteiger partial charge >= 0.3 is 0 Å². The van der Waals surface area contributed by atoms with Crippen LogP contribution in [0, 0.1) is 0 Å². The van der Waals surface area contributed by atoms with Crippen molar-refractivity contribution >= 4 is 23.4 Å². The Bertz CT molecular complexity index is 290. The Hall–Kier alpha value is -1.07. The van der Waals surface area contributed by atoms with E-state index in [1.165, 1.54) is 6.20 Å². The van der Waals surface area contributed by atoms with Crippen LogP contribution in [0.1, 0.15) is 6.92 Å². The van der Waals surface area contributed by atoms with Crippen molar-refractivity contribution in [3.63, 3.8) is 0 Å². The van der Waals surface area contributed by atoms with Gasteiger partial charge in [-0.15, -0.1) is 0 Å². The molecule has 0 radical (unpaired) electrons. The van der Waals surface area contributed by atoms with Gasteiger partial charge in [0.25, 0.3) is 0 Å². The molecule has 1 aromatic heterocycles. The van der Waals surface area contributed by atoms with E-state index in [2.05, 4.69) is 15.4 Å². The highest BCUT2D eigenvalue weighted by molar-refractivity contribution is 6.32. The third kappa shape index (κ3) is 2.19. The summed E-state index contributed by atoms with van der Waals surface area (Å²) in [7, 11) is 1.90. The predicted octanol–water partition coefficient (Wildman–Crippen LogP) is 0.872. The van der Waals surface area contributed by atoms with Crippen LogP contribution in [0.2, 0.25) is 5.02 Å². The van der Waals surface area contributed by atoms with Gasteiger partial charge in [-0.2, -0.15) is 4.98 Å². The minimum Gasteiger partial charge on any atom is -0.359 e. The lowest BCUT2D eigenvalue weighted by atomic mass is 10.5. The van der Waals surface area contributed by atoms with Crippen LogP contribution >= 0.6 is 11.6 Å². The quantitative estimate of drug-likeness (QED) is 0.561. The van der Waals surface area contributed by atoms with Crippen LogP contribution in [0.25, 0.3) is 0 Å². The number of halogens is 1. The van der Waals surface area contributed by atoms with Crippen LogP contribution in [-0.2, 0) is 0 Å². The summed E-state index contributed by atoms with van der Waals surface area (Å²) >= 11 is 5.89. The Kier molecular flexibility index (Phi) is 3.27. The number of nitrogens with one attached hydrogen (secondary N) is 1. The molecule has 0 atom stereocenters. The molecule has 1 rings (SSSR count). The lowest BCUT2D eigenvalue weighted by Crippen LogP contribution is -2.19. The lowest BCUT2D eigenvalue weighted by Gasteiger charge is -2.16. The molecule has 0 unspecified atom stereocenters. The van der Waals surface area contributed by atoms with Gasteiger partial charge in [0, 0.05) is 13.6 Å². The van der Waals surface area contributed by atoms with Gasteiger partial charge < -0.3 is 4.90 Å². The number of hydrogen-bond donors (Lipinski definition) is 2. The molecule has 3 N–H and O–H groups in total. The van der Waals surface area contributed by atoms with E-state index in [0.717, 1.165) is 6.54 Å². The molecular formula is C7H12ClN5. The average molecular weight is 202 g/mol. The Morgan fingerprint density at radius 3 is 2.92 bits per heavy atom. The monoisotopic (exact) mass is 201 g/mol. The molecule has 5 nitrogen and oxygen atoms in total. The van der Waals surface area contributed by atoms with Crippen molar-refractivity contribution in [1.29, 1.82) is 0 Å². The molecule has 1 aromatic rings. The minimum absolute atomic E-state index is 0.361. The van der Waals surface area contributed by atoms with E-state index in [9.17, 15) is 0 Å². The summed E-state index contributed by atoms with van der Waals surface area (Å²) in [5, 5.41) is 0.517. The number of aromatic nitrogens is 2. The number of nitrogens with two attached hydrogens (primary N) is 1. The summed E-state index contributed by atoms with van der Waals surface area (Å²) in [5.74, 6) is 6.21. The fraction of sp³-hybridized carbons (Fsp3) is 0.429. The first-order valence-corrected chi connectivity index (χ1v) is 4.27. The molecule has 0 bridgehead atoms. The number of hydrazine groups is 1. The zero-order chi connectivity index (χ0) is 9.84. The van der Waals surface area contributed by atoms with Crippen molar-refractivity contribution in [2.75, 3.05) is 23.9 Å². The normalized spacial score (nSPS) is 9.85. The minimum atomic E-state index is 0.361. The van der Waals surface area contributed by atoms with E-state index in [4.69, 9.17) is 17.4 Å². The average Bonchev–Trinajstić information content (AvgIpc) is 2.17. The van der Waals surface area contributed by atoms with Crippen LogP contribution in [0.4, 0.5) is 11.8 Å². The van der Waals surface area contributed by atoms with Crippen LogP contribution in [0.5, 0.6) is 0 Å². The molecule has 0 aliphatic rings. The number of rotatable bonds is 3. The molecule has 0 aromatic carbocycles. The molecule has 0 aliphatic heterocycles. The highest BCUT2D eigenvalue weighted by Crippen LogP contribution is 2.21. The summed E-state index contributed by atoms with van der Waals surface area (Å²) in [6, 6.07) is 0. The predicted molar refractivity (Wildman–Crippen MR) is 53.8 cm³/mol. The van der Waals surface area contributed by atoms with Crippen molar-refractivity contribution in [3.05, 3.63) is 11.2 Å². The molecule has 0 aliphatic carbocycles. The van der Waals surface area contributed by atoms with Crippen molar-refractivity contribution in [3.8, 4) is 0 Å². The van der Waals surface area contributed by atoms with E-state index in [0.29, 0.717) is 16.8 Å². The van der Waals surface area contributed by atoms with Crippen LogP contribution in [-0.4, -0.2) is 23.6 Å². The number of hydrogen-bond acceptors (Lipinski definition) is 5. The van der Waals surface area contributed by atoms with E-state index < -0.39 is 0 Å². The maximum absolute atomic E-state index is 5.89. The standard InChI is InChI=1S/C7H12ClN5/c1-3-13(2)6-5(8)4-10-7(11-6)12-9/h4H,3,9H2,1-2H3,(H,10,11,12). The first-order valence-electron chi connectivity index (χ1n) is 3.89. The summed E-state index contributed by atoms with van der Waals surface area (Å²) in [6.07, 6.45) is 1.52. The number of nitrogens with zero attached hydrogens (tertiary/aromatic N) is 3. The fourth-order valence-electron chi connectivity index (χ4n) is 0.845. The maximum atomic E-state index is 5.89. The molecule has 0 saturated carbocycles. The van der Waals surface area contributed by atoms with Gasteiger partial charge in [0.15, 0.2) is 5.82 Å². The molecule has 0 amide bonds. The smallest absolute Gasteiger partial charge is 0.239 e. The molecule has 72 valence electrons. The van der Waals surface area contributed by atoms with Gasteiger partial charge in [-0.1, -0.05) is 11.6 Å². The maximum Gasteiger partial charge on any atom is 0.239 e. The summed E-state index contributed by atoms with van der Waals surface area (Å²) in [5.41, 5.74) is 2.37. The van der Waals surface area contributed by atoms with E-state index >= 15 is 0 Å². The molecule has 0 spiro atoms. The van der Waals surface area contributed by atoms with Crippen molar-refractivity contribution in [2.45, 2.75) is 6.92 Å². The SMILES string of the molecule is CCN(C)c1nc(NN)ncc1Cl. The first kappa shape index (κ1) is 10.0. The fourth-order valence-corrected chi connectivity index (χ4v) is 1.08. The van der Waals surface area contributed by atoms with E-state index in [1.807, 2.05) is 18.9 Å².